The first-order valence-corrected chi connectivity index (χ1v) is 11.3. The molecule has 0 saturated heterocycles. The molecule has 156 valence electrons. The maximum Gasteiger partial charge on any atom is 0.259 e. The molecule has 32 heavy (non-hydrogen) atoms. The highest BCUT2D eigenvalue weighted by Crippen LogP contribution is 2.46. The number of carbonyl (C=O) groups excluding carboxylic acids is 2. The Bertz CT molecular complexity index is 1720. The third kappa shape index (κ3) is 1.79. The summed E-state index contributed by atoms with van der Waals surface area (Å²) < 4.78 is 4.82. The van der Waals surface area contributed by atoms with E-state index in [2.05, 4.69) is 56.2 Å². The molecule has 6 heteroatoms. The summed E-state index contributed by atoms with van der Waals surface area (Å²) in [5.74, 6) is -0.546. The molecule has 3 aliphatic rings. The number of nitrogens with one attached hydrogen (secondary N) is 2. The summed E-state index contributed by atoms with van der Waals surface area (Å²) in [6.45, 7) is 3.42. The summed E-state index contributed by atoms with van der Waals surface area (Å²) in [6.07, 6.45) is 2.12. The van der Waals surface area contributed by atoms with Gasteiger partial charge in [-0.05, 0) is 24.0 Å². The Morgan fingerprint density at radius 2 is 1.34 bits per heavy atom. The largest absolute Gasteiger partial charge is 0.338 e. The van der Waals surface area contributed by atoms with Gasteiger partial charge in [0.2, 0.25) is 0 Å². The van der Waals surface area contributed by atoms with Crippen molar-refractivity contribution in [1.29, 1.82) is 0 Å². The number of hydrogen-bond donors (Lipinski definition) is 2. The fourth-order valence-corrected chi connectivity index (χ4v) is 6.54. The van der Waals surface area contributed by atoms with Crippen molar-refractivity contribution in [3.05, 3.63) is 58.7 Å². The molecule has 5 aromatic rings. The van der Waals surface area contributed by atoms with E-state index in [4.69, 9.17) is 0 Å². The molecule has 0 aliphatic carbocycles. The van der Waals surface area contributed by atoms with Crippen molar-refractivity contribution in [2.24, 2.45) is 0 Å². The van der Waals surface area contributed by atoms with Crippen LogP contribution in [-0.4, -0.2) is 27.5 Å². The normalized spacial score (nSPS) is 17.5. The summed E-state index contributed by atoms with van der Waals surface area (Å²) in [6, 6.07) is 12.7. The smallest absolute Gasteiger partial charge is 0.259 e. The van der Waals surface area contributed by atoms with Gasteiger partial charge in [-0.1, -0.05) is 36.4 Å². The van der Waals surface area contributed by atoms with E-state index in [1.807, 2.05) is 0 Å². The zero-order valence-electron chi connectivity index (χ0n) is 17.4. The molecule has 8 rings (SSSR count). The summed E-state index contributed by atoms with van der Waals surface area (Å²) in [7, 11) is 0. The zero-order valence-corrected chi connectivity index (χ0v) is 17.4. The van der Waals surface area contributed by atoms with Gasteiger partial charge in [-0.2, -0.15) is 0 Å². The fraction of sp³-hybridized carbons (Fsp3) is 0.231. The van der Waals surface area contributed by atoms with E-state index >= 15 is 0 Å². The Hall–Kier alpha value is -3.64. The number of imide groups is 1. The van der Waals surface area contributed by atoms with Gasteiger partial charge in [0.1, 0.15) is 0 Å². The number of hydrogen-bond acceptors (Lipinski definition) is 3. The number of carbonyl (C=O) groups is 2. The van der Waals surface area contributed by atoms with E-state index in [1.54, 1.807) is 0 Å². The molecule has 0 fully saturated rings. The van der Waals surface area contributed by atoms with Gasteiger partial charge in [-0.3, -0.25) is 14.9 Å². The van der Waals surface area contributed by atoms with Gasteiger partial charge in [0.15, 0.2) is 0 Å². The van der Waals surface area contributed by atoms with Crippen LogP contribution in [0, 0.1) is 0 Å². The molecule has 6 nitrogen and oxygen atoms in total. The highest BCUT2D eigenvalue weighted by atomic mass is 16.2. The monoisotopic (exact) mass is 420 g/mol. The topological polar surface area (TPSA) is 68.1 Å². The van der Waals surface area contributed by atoms with Crippen molar-refractivity contribution < 1.29 is 9.59 Å². The Balaban J connectivity index is 1.78. The van der Waals surface area contributed by atoms with Crippen LogP contribution in [0.2, 0.25) is 0 Å². The number of rotatable bonds is 0. The van der Waals surface area contributed by atoms with Gasteiger partial charge in [0, 0.05) is 47.7 Å². The summed E-state index contributed by atoms with van der Waals surface area (Å²) in [5.41, 5.74) is 8.28. The lowest BCUT2D eigenvalue weighted by Crippen LogP contribution is -2.20. The molecular formula is C26H20N4O2. The summed E-state index contributed by atoms with van der Waals surface area (Å²) in [4.78, 5) is 26.3. The minimum atomic E-state index is -0.275. The second-order valence-electron chi connectivity index (χ2n) is 9.19. The number of para-hydroxylation sites is 2. The highest BCUT2D eigenvalue weighted by Gasteiger charge is 2.37. The van der Waals surface area contributed by atoms with Crippen LogP contribution in [0.25, 0.3) is 43.6 Å². The lowest BCUT2D eigenvalue weighted by Gasteiger charge is -2.17. The van der Waals surface area contributed by atoms with Gasteiger partial charge < -0.3 is 14.5 Å². The van der Waals surface area contributed by atoms with Crippen LogP contribution < -0.4 is 10.6 Å². The van der Waals surface area contributed by atoms with Crippen molar-refractivity contribution in [3.63, 3.8) is 0 Å². The minimum absolute atomic E-state index is 0.272. The predicted octanol–water partition coefficient (Wildman–Crippen LogP) is 3.84. The maximum absolute atomic E-state index is 13.2. The molecule has 5 heterocycles. The minimum Gasteiger partial charge on any atom is -0.338 e. The standard InChI is InChI=1S/C26H20N4O2/c31-25-19-17-15-7-1-4-13-6-3-10-29(21(13)15)23(17)24-18(20(19)26(32)28-25)16-8-2-5-14-12-27-9-11-30(24)22(14)16/h1-2,4-5,7-8,27H,3,6,9-12H2,(H,28,31,32). The third-order valence-electron chi connectivity index (χ3n) is 7.64. The maximum atomic E-state index is 13.2. The molecule has 0 atom stereocenters. The Kier molecular flexibility index (Phi) is 2.96. The molecule has 0 radical (unpaired) electrons. The Morgan fingerprint density at radius 3 is 2.06 bits per heavy atom. The Morgan fingerprint density at radius 1 is 0.719 bits per heavy atom. The second kappa shape index (κ2) is 5.58. The van der Waals surface area contributed by atoms with Gasteiger partial charge in [-0.15, -0.1) is 0 Å². The Labute approximate surface area is 182 Å². The second-order valence-corrected chi connectivity index (χ2v) is 9.19. The molecule has 3 aliphatic heterocycles. The molecule has 0 unspecified atom stereocenters. The number of amides is 2. The van der Waals surface area contributed by atoms with Crippen LogP contribution in [0.3, 0.4) is 0 Å². The van der Waals surface area contributed by atoms with E-state index in [-0.39, 0.29) is 11.8 Å². The highest BCUT2D eigenvalue weighted by molar-refractivity contribution is 6.39. The van der Waals surface area contributed by atoms with E-state index in [9.17, 15) is 9.59 Å². The quantitative estimate of drug-likeness (QED) is 0.374. The van der Waals surface area contributed by atoms with Crippen LogP contribution in [0.1, 0.15) is 38.3 Å². The van der Waals surface area contributed by atoms with Gasteiger partial charge in [0.05, 0.1) is 33.2 Å². The first-order chi connectivity index (χ1) is 15.7. The number of aryl methyl sites for hydroxylation is 2. The zero-order chi connectivity index (χ0) is 21.1. The number of benzene rings is 3. The van der Waals surface area contributed by atoms with Crippen LogP contribution in [0.5, 0.6) is 0 Å². The SMILES string of the molecule is O=C1NC(=O)c2c1c1c3cccc4c3n(c1c1c2c2cccc3c2n1CCNC3)CCC4. The van der Waals surface area contributed by atoms with Gasteiger partial charge in [0.25, 0.3) is 11.8 Å². The van der Waals surface area contributed by atoms with E-state index in [1.165, 1.54) is 22.2 Å². The number of aromatic nitrogens is 2. The molecule has 0 spiro atoms. The van der Waals surface area contributed by atoms with Gasteiger partial charge >= 0.3 is 0 Å². The van der Waals surface area contributed by atoms with E-state index in [0.717, 1.165) is 71.6 Å². The van der Waals surface area contributed by atoms with Crippen LogP contribution in [0.4, 0.5) is 0 Å². The summed E-state index contributed by atoms with van der Waals surface area (Å²) >= 11 is 0. The van der Waals surface area contributed by atoms with Crippen molar-refractivity contribution >= 4 is 55.4 Å². The number of nitrogens with zero attached hydrogens (tertiary/aromatic N) is 2. The number of fused-ring (bicyclic) bond motifs is 10. The average molecular weight is 420 g/mol. The van der Waals surface area contributed by atoms with Crippen molar-refractivity contribution in [1.82, 2.24) is 19.8 Å². The molecule has 2 amide bonds. The van der Waals surface area contributed by atoms with E-state index in [0.29, 0.717) is 11.1 Å². The summed E-state index contributed by atoms with van der Waals surface area (Å²) in [5, 5.41) is 10.2. The van der Waals surface area contributed by atoms with Crippen LogP contribution in [0.15, 0.2) is 36.4 Å². The van der Waals surface area contributed by atoms with E-state index < -0.39 is 0 Å². The van der Waals surface area contributed by atoms with Crippen LogP contribution in [-0.2, 0) is 26.1 Å². The molecule has 3 aromatic carbocycles. The van der Waals surface area contributed by atoms with Crippen molar-refractivity contribution in [2.45, 2.75) is 32.5 Å². The molecule has 2 N–H and O–H groups in total. The van der Waals surface area contributed by atoms with Crippen LogP contribution >= 0.6 is 0 Å². The molecular weight excluding hydrogens is 400 g/mol. The third-order valence-corrected chi connectivity index (χ3v) is 7.64. The molecule has 0 saturated carbocycles. The first kappa shape index (κ1) is 17.0. The molecule has 0 bridgehead atoms. The fourth-order valence-electron chi connectivity index (χ4n) is 6.54. The molecule has 2 aromatic heterocycles. The van der Waals surface area contributed by atoms with Gasteiger partial charge in [-0.25, -0.2) is 0 Å². The lowest BCUT2D eigenvalue weighted by molar-refractivity contribution is 0.0880. The first-order valence-electron chi connectivity index (χ1n) is 11.3. The lowest BCUT2D eigenvalue weighted by atomic mass is 9.96. The average Bonchev–Trinajstić information content (AvgIpc) is 3.33. The predicted molar refractivity (Wildman–Crippen MR) is 124 cm³/mol. The van der Waals surface area contributed by atoms with Crippen molar-refractivity contribution in [2.75, 3.05) is 6.54 Å². The van der Waals surface area contributed by atoms with Crippen molar-refractivity contribution in [3.8, 4) is 0 Å².